The van der Waals surface area contributed by atoms with Crippen molar-refractivity contribution >= 4 is 17.8 Å². The van der Waals surface area contributed by atoms with Crippen molar-refractivity contribution in [2.45, 2.75) is 45.3 Å². The quantitative estimate of drug-likeness (QED) is 0.414. The molecule has 1 aromatic heterocycles. The molecule has 0 spiro atoms. The summed E-state index contributed by atoms with van der Waals surface area (Å²) in [7, 11) is 0. The number of rotatable bonds is 8. The number of aliphatic carboxylic acids is 1. The van der Waals surface area contributed by atoms with E-state index in [2.05, 4.69) is 20.6 Å². The lowest BCUT2D eigenvalue weighted by atomic mass is 10.0. The van der Waals surface area contributed by atoms with E-state index in [0.29, 0.717) is 5.69 Å². The molecule has 23 heavy (non-hydrogen) atoms. The fraction of sp³-hybridized carbons (Fsp3) is 0.571. The van der Waals surface area contributed by atoms with Gasteiger partial charge >= 0.3 is 5.97 Å². The number of hydrogen-bond acceptors (Lipinski definition) is 5. The molecule has 0 radical (unpaired) electrons. The Balaban J connectivity index is 2.77. The number of nitrogens with zero attached hydrogens (tertiary/aromatic N) is 1. The molecule has 0 aliphatic heterocycles. The number of amides is 2. The summed E-state index contributed by atoms with van der Waals surface area (Å²) in [5, 5.41) is 14.2. The third-order valence-electron chi connectivity index (χ3n) is 3.25. The van der Waals surface area contributed by atoms with E-state index in [9.17, 15) is 19.5 Å². The average molecular weight is 325 g/mol. The van der Waals surface area contributed by atoms with Gasteiger partial charge in [-0.2, -0.15) is 0 Å². The van der Waals surface area contributed by atoms with E-state index in [1.807, 2.05) is 0 Å². The van der Waals surface area contributed by atoms with Crippen molar-refractivity contribution < 1.29 is 19.5 Å². The van der Waals surface area contributed by atoms with E-state index in [1.54, 1.807) is 13.8 Å². The topological polar surface area (TPSA) is 150 Å². The van der Waals surface area contributed by atoms with Crippen molar-refractivity contribution in [3.63, 3.8) is 0 Å². The fourth-order valence-electron chi connectivity index (χ4n) is 1.90. The lowest BCUT2D eigenvalue weighted by molar-refractivity contribution is -0.142. The SMILES string of the molecule is CC(C)[C@H](NC(=O)[C@H](C)N)C(=O)N[C@@H](Cc1cnc[nH]1)C(=O)O. The second kappa shape index (κ2) is 8.28. The number of carbonyl (C=O) groups excluding carboxylic acids is 2. The molecule has 1 heterocycles. The van der Waals surface area contributed by atoms with Gasteiger partial charge in [0, 0.05) is 18.3 Å². The third-order valence-corrected chi connectivity index (χ3v) is 3.25. The lowest BCUT2D eigenvalue weighted by Gasteiger charge is -2.24. The first-order valence-electron chi connectivity index (χ1n) is 7.28. The fourth-order valence-corrected chi connectivity index (χ4v) is 1.90. The van der Waals surface area contributed by atoms with Crippen LogP contribution in [0.4, 0.5) is 0 Å². The Morgan fingerprint density at radius 2 is 1.91 bits per heavy atom. The number of carboxylic acid groups (broad SMARTS) is 1. The predicted molar refractivity (Wildman–Crippen MR) is 82.3 cm³/mol. The van der Waals surface area contributed by atoms with Gasteiger partial charge in [0.1, 0.15) is 12.1 Å². The Morgan fingerprint density at radius 3 is 2.35 bits per heavy atom. The maximum Gasteiger partial charge on any atom is 0.326 e. The monoisotopic (exact) mass is 325 g/mol. The van der Waals surface area contributed by atoms with E-state index >= 15 is 0 Å². The number of carbonyl (C=O) groups is 3. The molecule has 0 unspecified atom stereocenters. The number of H-pyrrole nitrogens is 1. The summed E-state index contributed by atoms with van der Waals surface area (Å²) in [5.74, 6) is -2.44. The lowest BCUT2D eigenvalue weighted by Crippen LogP contribution is -2.56. The van der Waals surface area contributed by atoms with Crippen molar-refractivity contribution in [2.75, 3.05) is 0 Å². The van der Waals surface area contributed by atoms with Crippen molar-refractivity contribution in [1.29, 1.82) is 0 Å². The Morgan fingerprint density at radius 1 is 1.26 bits per heavy atom. The molecule has 3 atom stereocenters. The third kappa shape index (κ3) is 5.70. The highest BCUT2D eigenvalue weighted by atomic mass is 16.4. The van der Waals surface area contributed by atoms with Crippen LogP contribution in [0.3, 0.4) is 0 Å². The molecule has 2 amide bonds. The first kappa shape index (κ1) is 18.6. The maximum atomic E-state index is 12.3. The Bertz CT molecular complexity index is 541. The van der Waals surface area contributed by atoms with Gasteiger partial charge in [-0.15, -0.1) is 0 Å². The highest BCUT2D eigenvalue weighted by molar-refractivity contribution is 5.91. The zero-order valence-corrected chi connectivity index (χ0v) is 13.4. The molecule has 0 saturated carbocycles. The van der Waals surface area contributed by atoms with Crippen molar-refractivity contribution in [1.82, 2.24) is 20.6 Å². The molecule has 0 aliphatic rings. The van der Waals surface area contributed by atoms with Gasteiger partial charge in [0.25, 0.3) is 0 Å². The summed E-state index contributed by atoms with van der Waals surface area (Å²) in [5.41, 5.74) is 6.06. The molecule has 0 fully saturated rings. The summed E-state index contributed by atoms with van der Waals surface area (Å²) < 4.78 is 0. The van der Waals surface area contributed by atoms with Crippen LogP contribution < -0.4 is 16.4 Å². The molecule has 0 saturated heterocycles. The van der Waals surface area contributed by atoms with Gasteiger partial charge in [0.15, 0.2) is 0 Å². The molecular formula is C14H23N5O4. The van der Waals surface area contributed by atoms with Gasteiger partial charge in [-0.05, 0) is 12.8 Å². The molecule has 128 valence electrons. The van der Waals surface area contributed by atoms with E-state index in [-0.39, 0.29) is 12.3 Å². The van der Waals surface area contributed by atoms with Crippen molar-refractivity contribution in [2.24, 2.45) is 11.7 Å². The first-order valence-corrected chi connectivity index (χ1v) is 7.28. The predicted octanol–water partition coefficient (Wildman–Crippen LogP) is -0.990. The molecule has 6 N–H and O–H groups in total. The first-order chi connectivity index (χ1) is 10.7. The number of imidazole rings is 1. The van der Waals surface area contributed by atoms with Crippen molar-refractivity contribution in [3.8, 4) is 0 Å². The Labute approximate surface area is 134 Å². The van der Waals surface area contributed by atoms with Crippen LogP contribution in [0.1, 0.15) is 26.5 Å². The van der Waals surface area contributed by atoms with Crippen molar-refractivity contribution in [3.05, 3.63) is 18.2 Å². The number of carboxylic acids is 1. The summed E-state index contributed by atoms with van der Waals surface area (Å²) in [6.45, 7) is 5.00. The van der Waals surface area contributed by atoms with Crippen LogP contribution >= 0.6 is 0 Å². The van der Waals surface area contributed by atoms with Crippen LogP contribution in [0, 0.1) is 5.92 Å². The molecule has 0 aromatic carbocycles. The summed E-state index contributed by atoms with van der Waals surface area (Å²) in [4.78, 5) is 41.9. The molecule has 1 aromatic rings. The highest BCUT2D eigenvalue weighted by Gasteiger charge is 2.29. The second-order valence-electron chi connectivity index (χ2n) is 5.70. The van der Waals surface area contributed by atoms with Crippen LogP contribution in [-0.2, 0) is 20.8 Å². The minimum absolute atomic E-state index is 0.0626. The van der Waals surface area contributed by atoms with Gasteiger partial charge in [-0.3, -0.25) is 9.59 Å². The number of aromatic amines is 1. The largest absolute Gasteiger partial charge is 0.480 e. The smallest absolute Gasteiger partial charge is 0.326 e. The summed E-state index contributed by atoms with van der Waals surface area (Å²) in [6.07, 6.45) is 2.98. The van der Waals surface area contributed by atoms with Gasteiger partial charge in [0.05, 0.1) is 12.4 Å². The van der Waals surface area contributed by atoms with Crippen LogP contribution in [0.2, 0.25) is 0 Å². The molecule has 1 rings (SSSR count). The summed E-state index contributed by atoms with van der Waals surface area (Å²) in [6, 6.07) is -2.75. The molecule has 9 heteroatoms. The van der Waals surface area contributed by atoms with Gasteiger partial charge < -0.3 is 26.5 Å². The van der Waals surface area contributed by atoms with Crippen LogP contribution in [0.25, 0.3) is 0 Å². The summed E-state index contributed by atoms with van der Waals surface area (Å²) >= 11 is 0. The standard InChI is InChI=1S/C14H23N5O4/c1-7(2)11(19-12(20)8(3)15)13(21)18-10(14(22)23)4-9-5-16-6-17-9/h5-8,10-11H,4,15H2,1-3H3,(H,16,17)(H,18,21)(H,19,20)(H,22,23)/t8-,10-,11-/m0/s1. The number of aromatic nitrogens is 2. The van der Waals surface area contributed by atoms with Gasteiger partial charge in [-0.1, -0.05) is 13.8 Å². The van der Waals surface area contributed by atoms with Crippen LogP contribution in [-0.4, -0.2) is 51.0 Å². The Hall–Kier alpha value is -2.42. The second-order valence-corrected chi connectivity index (χ2v) is 5.70. The Kier molecular flexibility index (Phi) is 6.70. The minimum atomic E-state index is -1.17. The maximum absolute atomic E-state index is 12.3. The average Bonchev–Trinajstić information content (AvgIpc) is 2.95. The van der Waals surface area contributed by atoms with Gasteiger partial charge in [-0.25, -0.2) is 9.78 Å². The van der Waals surface area contributed by atoms with Gasteiger partial charge in [0.2, 0.25) is 11.8 Å². The van der Waals surface area contributed by atoms with Crippen LogP contribution in [0.15, 0.2) is 12.5 Å². The number of nitrogens with two attached hydrogens (primary N) is 1. The van der Waals surface area contributed by atoms with E-state index in [1.165, 1.54) is 19.4 Å². The zero-order chi connectivity index (χ0) is 17.6. The van der Waals surface area contributed by atoms with E-state index in [0.717, 1.165) is 0 Å². The molecular weight excluding hydrogens is 302 g/mol. The van der Waals surface area contributed by atoms with E-state index < -0.39 is 35.9 Å². The molecule has 9 nitrogen and oxygen atoms in total. The highest BCUT2D eigenvalue weighted by Crippen LogP contribution is 2.05. The van der Waals surface area contributed by atoms with E-state index in [4.69, 9.17) is 5.73 Å². The zero-order valence-electron chi connectivity index (χ0n) is 13.4. The number of hydrogen-bond donors (Lipinski definition) is 5. The normalized spacial score (nSPS) is 14.8. The molecule has 0 aliphatic carbocycles. The molecule has 0 bridgehead atoms. The van der Waals surface area contributed by atoms with Crippen LogP contribution in [0.5, 0.6) is 0 Å². The minimum Gasteiger partial charge on any atom is -0.480 e. The number of nitrogens with one attached hydrogen (secondary N) is 3.